The molecule has 4 aliphatic rings. The van der Waals surface area contributed by atoms with E-state index in [0.29, 0.717) is 23.2 Å². The van der Waals surface area contributed by atoms with Gasteiger partial charge in [-0.05, 0) is 130 Å². The van der Waals surface area contributed by atoms with Gasteiger partial charge in [0, 0.05) is 0 Å². The lowest BCUT2D eigenvalue weighted by Gasteiger charge is -2.58. The van der Waals surface area contributed by atoms with Crippen LogP contribution in [-0.4, -0.2) is 12.7 Å². The van der Waals surface area contributed by atoms with Crippen molar-refractivity contribution in [3.05, 3.63) is 54.1 Å². The van der Waals surface area contributed by atoms with Gasteiger partial charge in [-0.2, -0.15) is 0 Å². The highest BCUT2D eigenvalue weighted by Gasteiger charge is 2.59. The molecule has 0 amide bonds. The van der Waals surface area contributed by atoms with Crippen LogP contribution in [0.2, 0.25) is 0 Å². The van der Waals surface area contributed by atoms with Crippen LogP contribution in [0.25, 0.3) is 0 Å². The second-order valence-corrected chi connectivity index (χ2v) is 16.8. The van der Waals surface area contributed by atoms with E-state index >= 15 is 0 Å². The molecule has 4 heteroatoms. The molecule has 5 rings (SSSR count). The maximum absolute atomic E-state index is 13.9. The summed E-state index contributed by atoms with van der Waals surface area (Å²) in [5, 5.41) is 0.677. The molecule has 41 heavy (non-hydrogen) atoms. The number of rotatable bonds is 11. The maximum Gasteiger partial charge on any atom is 0.361 e. The van der Waals surface area contributed by atoms with Crippen LogP contribution in [0.3, 0.4) is 0 Å². The Morgan fingerprint density at radius 1 is 1.02 bits per heavy atom. The highest BCUT2D eigenvalue weighted by atomic mass is 31.2. The summed E-state index contributed by atoms with van der Waals surface area (Å²) in [6.45, 7) is 14.6. The van der Waals surface area contributed by atoms with Gasteiger partial charge in [0.2, 0.25) is 0 Å². The van der Waals surface area contributed by atoms with Gasteiger partial charge in [0.05, 0.1) is 18.0 Å². The molecule has 0 saturated heterocycles. The lowest BCUT2D eigenvalue weighted by Crippen LogP contribution is -2.51. The summed E-state index contributed by atoms with van der Waals surface area (Å²) >= 11 is 0. The van der Waals surface area contributed by atoms with Gasteiger partial charge in [-0.3, -0.25) is 4.57 Å². The third-order valence-corrected chi connectivity index (χ3v) is 14.1. The number of hydrogen-bond donors (Lipinski definition) is 0. The van der Waals surface area contributed by atoms with Crippen molar-refractivity contribution in [2.45, 2.75) is 118 Å². The summed E-state index contributed by atoms with van der Waals surface area (Å²) in [5.74, 6) is 4.86. The molecule has 228 valence electrons. The Kier molecular flexibility index (Phi) is 9.79. The Morgan fingerprint density at radius 3 is 2.54 bits per heavy atom. The van der Waals surface area contributed by atoms with Crippen molar-refractivity contribution < 1.29 is 13.6 Å². The summed E-state index contributed by atoms with van der Waals surface area (Å²) in [5.41, 5.74) is 2.35. The molecule has 1 unspecified atom stereocenters. The highest BCUT2D eigenvalue weighted by Crippen LogP contribution is 2.67. The zero-order valence-electron chi connectivity index (χ0n) is 26.8. The summed E-state index contributed by atoms with van der Waals surface area (Å²) in [6.07, 6.45) is 21.2. The van der Waals surface area contributed by atoms with Crippen LogP contribution in [0, 0.1) is 46.3 Å². The second-order valence-electron chi connectivity index (χ2n) is 14.8. The molecule has 0 bridgehead atoms. The number of unbranched alkanes of at least 4 members (excludes halogenated alkanes) is 1. The van der Waals surface area contributed by atoms with E-state index in [1.807, 2.05) is 37.3 Å². The van der Waals surface area contributed by atoms with E-state index in [1.54, 1.807) is 5.57 Å². The van der Waals surface area contributed by atoms with Gasteiger partial charge in [0.25, 0.3) is 0 Å². The Labute approximate surface area is 251 Å². The third-order valence-electron chi connectivity index (χ3n) is 12.0. The minimum absolute atomic E-state index is 0.0376. The standard InChI is InChI=1S/C37H57O3P/c1-7-39-41(38,31-16-12-9-13-17-31)40-30-22-24-36(5)29(26-30)18-19-32-34-21-20-33(37(34,6)25-23-35(32)36)28(4)15-11-8-10-14-27(2)3/h9-10,12-14,16-18,27-28,30,32-35H,7-8,11,15,19-26H2,1-6H3/b14-10+/t28-,30+,32+,33-,34+,35+,36+,37-,41?/m1/s1. The monoisotopic (exact) mass is 580 g/mol. The van der Waals surface area contributed by atoms with Gasteiger partial charge in [0.15, 0.2) is 0 Å². The van der Waals surface area contributed by atoms with E-state index in [1.165, 1.54) is 51.4 Å². The molecular weight excluding hydrogens is 523 g/mol. The van der Waals surface area contributed by atoms with Crippen molar-refractivity contribution >= 4 is 12.9 Å². The Bertz CT molecular complexity index is 1120. The van der Waals surface area contributed by atoms with E-state index < -0.39 is 7.60 Å². The van der Waals surface area contributed by atoms with Crippen LogP contribution in [0.1, 0.15) is 112 Å². The summed E-state index contributed by atoms with van der Waals surface area (Å²) in [7, 11) is -3.33. The predicted octanol–water partition coefficient (Wildman–Crippen LogP) is 10.5. The fourth-order valence-electron chi connectivity index (χ4n) is 9.96. The highest BCUT2D eigenvalue weighted by molar-refractivity contribution is 7.62. The molecule has 3 saturated carbocycles. The van der Waals surface area contributed by atoms with Gasteiger partial charge >= 0.3 is 7.60 Å². The minimum Gasteiger partial charge on any atom is -0.305 e. The first-order chi connectivity index (χ1) is 19.6. The van der Waals surface area contributed by atoms with E-state index in [0.717, 1.165) is 48.9 Å². The summed E-state index contributed by atoms with van der Waals surface area (Å²) in [6, 6.07) is 9.55. The predicted molar refractivity (Wildman–Crippen MR) is 172 cm³/mol. The quantitative estimate of drug-likeness (QED) is 0.148. The zero-order valence-corrected chi connectivity index (χ0v) is 27.7. The lowest BCUT2D eigenvalue weighted by molar-refractivity contribution is -0.0562. The van der Waals surface area contributed by atoms with Gasteiger partial charge < -0.3 is 9.05 Å². The molecule has 3 fully saturated rings. The SMILES string of the molecule is CCOP(=O)(O[C@H]1CC[C@@]2(C)C(=CC[C@H]3[C@@H]4CC[C@H]([C@H](C)CCC/C=C/C(C)C)[C@@]4(C)CC[C@@H]32)C1)c1ccccc1. The van der Waals surface area contributed by atoms with Crippen LogP contribution < -0.4 is 5.30 Å². The smallest absolute Gasteiger partial charge is 0.305 e. The van der Waals surface area contributed by atoms with Gasteiger partial charge in [-0.25, -0.2) is 0 Å². The summed E-state index contributed by atoms with van der Waals surface area (Å²) < 4.78 is 26.1. The van der Waals surface area contributed by atoms with Crippen LogP contribution in [0.5, 0.6) is 0 Å². The van der Waals surface area contributed by atoms with Crippen molar-refractivity contribution in [1.82, 2.24) is 0 Å². The topological polar surface area (TPSA) is 35.5 Å². The molecule has 1 aromatic carbocycles. The molecule has 9 atom stereocenters. The molecule has 1 aromatic rings. The number of hydrogen-bond acceptors (Lipinski definition) is 3. The molecule has 0 heterocycles. The molecule has 3 nitrogen and oxygen atoms in total. The Hall–Kier alpha value is -1.15. The molecule has 4 aliphatic carbocycles. The van der Waals surface area contributed by atoms with Crippen LogP contribution in [-0.2, 0) is 13.6 Å². The van der Waals surface area contributed by atoms with Crippen molar-refractivity contribution in [3.63, 3.8) is 0 Å². The number of fused-ring (bicyclic) bond motifs is 5. The average Bonchev–Trinajstić information content (AvgIpc) is 3.31. The van der Waals surface area contributed by atoms with Crippen LogP contribution in [0.4, 0.5) is 0 Å². The van der Waals surface area contributed by atoms with Crippen molar-refractivity contribution in [2.75, 3.05) is 6.61 Å². The fraction of sp³-hybridized carbons (Fsp3) is 0.730. The molecular formula is C37H57O3P. The normalized spacial score (nSPS) is 37.2. The molecule has 0 aliphatic heterocycles. The molecule has 0 spiro atoms. The lowest BCUT2D eigenvalue weighted by atomic mass is 9.47. The minimum atomic E-state index is -3.33. The maximum atomic E-state index is 13.9. The van der Waals surface area contributed by atoms with Gasteiger partial charge in [-0.1, -0.05) is 83.0 Å². The largest absolute Gasteiger partial charge is 0.361 e. The van der Waals surface area contributed by atoms with Gasteiger partial charge in [-0.15, -0.1) is 0 Å². The summed E-state index contributed by atoms with van der Waals surface area (Å²) in [4.78, 5) is 0. The van der Waals surface area contributed by atoms with E-state index in [4.69, 9.17) is 9.05 Å². The second kappa shape index (κ2) is 12.8. The van der Waals surface area contributed by atoms with Crippen LogP contribution in [0.15, 0.2) is 54.1 Å². The van der Waals surface area contributed by atoms with Crippen molar-refractivity contribution in [2.24, 2.45) is 46.3 Å². The van der Waals surface area contributed by atoms with E-state index in [-0.39, 0.29) is 11.5 Å². The fourth-order valence-corrected chi connectivity index (χ4v) is 11.7. The zero-order chi connectivity index (χ0) is 29.3. The van der Waals surface area contributed by atoms with Crippen LogP contribution >= 0.6 is 7.60 Å². The molecule has 0 N–H and O–H groups in total. The number of benzene rings is 1. The molecule has 0 radical (unpaired) electrons. The average molecular weight is 581 g/mol. The van der Waals surface area contributed by atoms with Gasteiger partial charge in [0.1, 0.15) is 0 Å². The van der Waals surface area contributed by atoms with Crippen molar-refractivity contribution in [3.8, 4) is 0 Å². The molecule has 0 aromatic heterocycles. The number of allylic oxidation sites excluding steroid dienone is 3. The first-order valence-corrected chi connectivity index (χ1v) is 18.5. The third kappa shape index (κ3) is 6.25. The van der Waals surface area contributed by atoms with E-state index in [2.05, 4.69) is 52.8 Å². The first kappa shape index (κ1) is 31.3. The Morgan fingerprint density at radius 2 is 1.80 bits per heavy atom. The Balaban J connectivity index is 1.25. The van der Waals surface area contributed by atoms with E-state index in [9.17, 15) is 4.57 Å². The first-order valence-electron chi connectivity index (χ1n) is 17.0. The van der Waals surface area contributed by atoms with Crippen molar-refractivity contribution in [1.29, 1.82) is 0 Å².